The lowest BCUT2D eigenvalue weighted by atomic mass is 9.96. The molecule has 1 amide bonds. The van der Waals surface area contributed by atoms with E-state index in [2.05, 4.69) is 8.27 Å². The Bertz CT molecular complexity index is 354. The van der Waals surface area contributed by atoms with Gasteiger partial charge in [-0.05, 0) is 0 Å². The van der Waals surface area contributed by atoms with E-state index in [-0.39, 0.29) is 5.91 Å². The molecule has 80 valence electrons. The summed E-state index contributed by atoms with van der Waals surface area (Å²) in [7, 11) is 1.28. The van der Waals surface area contributed by atoms with Crippen molar-refractivity contribution in [2.24, 2.45) is 0 Å². The Labute approximate surface area is 100.0 Å². The minimum Gasteiger partial charge on any atom is -0.466 e. The summed E-state index contributed by atoms with van der Waals surface area (Å²) in [5.41, 5.74) is 0.655. The van der Waals surface area contributed by atoms with Crippen molar-refractivity contribution in [2.75, 3.05) is 7.11 Å². The standard InChI is InChI=1S/C9H8INO4/c1-14-9(13)7-5-3-2-4(15-5)6(7)8(12)11-10/h2-5H,1H3,(H,11,12). The van der Waals surface area contributed by atoms with Crippen LogP contribution in [0.15, 0.2) is 23.3 Å². The average Bonchev–Trinajstić information content (AvgIpc) is 2.86. The highest BCUT2D eigenvalue weighted by Crippen LogP contribution is 2.35. The number of carbonyl (C=O) groups excluding carboxylic acids is 2. The molecule has 0 aromatic heterocycles. The van der Waals surface area contributed by atoms with E-state index in [1.54, 1.807) is 35.0 Å². The summed E-state index contributed by atoms with van der Waals surface area (Å²) < 4.78 is 12.5. The number of halogens is 1. The molecule has 15 heavy (non-hydrogen) atoms. The average molecular weight is 321 g/mol. The number of esters is 1. The van der Waals surface area contributed by atoms with Crippen LogP contribution in [0, 0.1) is 0 Å². The largest absolute Gasteiger partial charge is 0.466 e. The molecule has 2 atom stereocenters. The predicted molar refractivity (Wildman–Crippen MR) is 59.0 cm³/mol. The van der Waals surface area contributed by atoms with Gasteiger partial charge in [0, 0.05) is 0 Å². The minimum absolute atomic E-state index is 0.305. The van der Waals surface area contributed by atoms with Crippen molar-refractivity contribution in [3.8, 4) is 0 Å². The Hall–Kier alpha value is -0.890. The van der Waals surface area contributed by atoms with Crippen molar-refractivity contribution < 1.29 is 19.1 Å². The van der Waals surface area contributed by atoms with Gasteiger partial charge in [0.25, 0.3) is 5.91 Å². The summed E-state index contributed by atoms with van der Waals surface area (Å²) in [5.74, 6) is -0.824. The summed E-state index contributed by atoms with van der Waals surface area (Å²) in [4.78, 5) is 23.0. The molecule has 0 saturated heterocycles. The fraction of sp³-hybridized carbons (Fsp3) is 0.333. The number of amides is 1. The van der Waals surface area contributed by atoms with Crippen LogP contribution in [0.5, 0.6) is 0 Å². The van der Waals surface area contributed by atoms with Crippen molar-refractivity contribution in [2.45, 2.75) is 12.2 Å². The van der Waals surface area contributed by atoms with Gasteiger partial charge in [-0.15, -0.1) is 0 Å². The summed E-state index contributed by atoms with van der Waals surface area (Å²) in [6.45, 7) is 0. The molecule has 1 N–H and O–H groups in total. The Morgan fingerprint density at radius 1 is 1.40 bits per heavy atom. The maximum atomic E-state index is 11.5. The molecule has 0 saturated carbocycles. The van der Waals surface area contributed by atoms with E-state index in [9.17, 15) is 9.59 Å². The lowest BCUT2D eigenvalue weighted by molar-refractivity contribution is -0.137. The zero-order chi connectivity index (χ0) is 11.0. The number of methoxy groups -OCH3 is 1. The van der Waals surface area contributed by atoms with Gasteiger partial charge in [0.05, 0.1) is 41.1 Å². The fourth-order valence-electron chi connectivity index (χ4n) is 1.72. The van der Waals surface area contributed by atoms with Gasteiger partial charge in [0.2, 0.25) is 0 Å². The minimum atomic E-state index is -0.512. The van der Waals surface area contributed by atoms with E-state index in [1.807, 2.05) is 0 Å². The Morgan fingerprint density at radius 3 is 2.53 bits per heavy atom. The first-order valence-electron chi connectivity index (χ1n) is 4.26. The molecule has 2 aliphatic rings. The molecule has 0 fully saturated rings. The Kier molecular flexibility index (Phi) is 2.79. The predicted octanol–water partition coefficient (Wildman–Crippen LogP) is 0.259. The van der Waals surface area contributed by atoms with E-state index in [0.717, 1.165) is 0 Å². The normalized spacial score (nSPS) is 27.1. The van der Waals surface area contributed by atoms with Crippen molar-refractivity contribution in [3.63, 3.8) is 0 Å². The van der Waals surface area contributed by atoms with Crippen LogP contribution in [-0.4, -0.2) is 31.2 Å². The van der Waals surface area contributed by atoms with Crippen LogP contribution in [-0.2, 0) is 19.1 Å². The van der Waals surface area contributed by atoms with Gasteiger partial charge >= 0.3 is 5.97 Å². The maximum Gasteiger partial charge on any atom is 0.337 e. The molecule has 2 heterocycles. The van der Waals surface area contributed by atoms with Crippen LogP contribution in [0.2, 0.25) is 0 Å². The third-order valence-electron chi connectivity index (χ3n) is 2.35. The van der Waals surface area contributed by atoms with Crippen LogP contribution in [0.3, 0.4) is 0 Å². The van der Waals surface area contributed by atoms with Crippen LogP contribution in [0.1, 0.15) is 0 Å². The van der Waals surface area contributed by atoms with Crippen LogP contribution < -0.4 is 3.53 Å². The molecule has 0 spiro atoms. The molecule has 2 unspecified atom stereocenters. The molecule has 6 heteroatoms. The third kappa shape index (κ3) is 1.57. The lowest BCUT2D eigenvalue weighted by Crippen LogP contribution is -2.24. The molecule has 5 nitrogen and oxygen atoms in total. The number of nitrogens with one attached hydrogen (secondary N) is 1. The quantitative estimate of drug-likeness (QED) is 0.343. The molecule has 0 radical (unpaired) electrons. The summed E-state index contributed by atoms with van der Waals surface area (Å²) in [6.07, 6.45) is 2.66. The summed E-state index contributed by atoms with van der Waals surface area (Å²) in [5, 5.41) is 0. The number of hydrogen-bond donors (Lipinski definition) is 1. The Morgan fingerprint density at radius 2 is 2.00 bits per heavy atom. The Balaban J connectivity index is 2.40. The van der Waals surface area contributed by atoms with Gasteiger partial charge in [-0.1, -0.05) is 12.2 Å². The van der Waals surface area contributed by atoms with E-state index in [0.29, 0.717) is 11.1 Å². The van der Waals surface area contributed by atoms with Gasteiger partial charge in [0.1, 0.15) is 12.2 Å². The molecule has 2 aliphatic heterocycles. The summed E-state index contributed by atoms with van der Waals surface area (Å²) in [6, 6.07) is 0. The monoisotopic (exact) mass is 321 g/mol. The number of carbonyl (C=O) groups is 2. The van der Waals surface area contributed by atoms with E-state index in [4.69, 9.17) is 4.74 Å². The van der Waals surface area contributed by atoms with Crippen molar-refractivity contribution in [1.29, 1.82) is 0 Å². The topological polar surface area (TPSA) is 64.6 Å². The maximum absolute atomic E-state index is 11.5. The number of ether oxygens (including phenoxy) is 2. The van der Waals surface area contributed by atoms with Crippen LogP contribution >= 0.6 is 22.9 Å². The lowest BCUT2D eigenvalue weighted by Gasteiger charge is -2.09. The molecular formula is C9H8INO4. The highest BCUT2D eigenvalue weighted by atomic mass is 127. The first-order valence-corrected chi connectivity index (χ1v) is 5.34. The van der Waals surface area contributed by atoms with E-state index < -0.39 is 18.2 Å². The van der Waals surface area contributed by atoms with Gasteiger partial charge in [-0.25, -0.2) is 4.79 Å². The zero-order valence-corrected chi connectivity index (χ0v) is 9.98. The second kappa shape index (κ2) is 3.93. The molecule has 0 aliphatic carbocycles. The number of fused-ring (bicyclic) bond motifs is 2. The van der Waals surface area contributed by atoms with E-state index >= 15 is 0 Å². The smallest absolute Gasteiger partial charge is 0.337 e. The first-order chi connectivity index (χ1) is 7.19. The van der Waals surface area contributed by atoms with Gasteiger partial charge in [-0.3, -0.25) is 8.32 Å². The van der Waals surface area contributed by atoms with Crippen LogP contribution in [0.25, 0.3) is 0 Å². The fourth-order valence-corrected chi connectivity index (χ4v) is 2.01. The molecule has 2 bridgehead atoms. The van der Waals surface area contributed by atoms with Gasteiger partial charge in [0.15, 0.2) is 0 Å². The number of rotatable bonds is 2. The van der Waals surface area contributed by atoms with Crippen molar-refractivity contribution in [1.82, 2.24) is 3.53 Å². The van der Waals surface area contributed by atoms with Gasteiger partial charge < -0.3 is 9.47 Å². The van der Waals surface area contributed by atoms with Crippen LogP contribution in [0.4, 0.5) is 0 Å². The zero-order valence-electron chi connectivity index (χ0n) is 7.82. The molecule has 2 rings (SSSR count). The van der Waals surface area contributed by atoms with Crippen molar-refractivity contribution in [3.05, 3.63) is 23.3 Å². The van der Waals surface area contributed by atoms with Gasteiger partial charge in [-0.2, -0.15) is 0 Å². The van der Waals surface area contributed by atoms with Crippen molar-refractivity contribution >= 4 is 34.7 Å². The highest BCUT2D eigenvalue weighted by molar-refractivity contribution is 14.1. The SMILES string of the molecule is COC(=O)C1=C(C(=O)NI)C2C=CC1O2. The second-order valence-corrected chi connectivity index (χ2v) is 3.64. The summed E-state index contributed by atoms with van der Waals surface area (Å²) >= 11 is 1.72. The molecule has 0 aromatic carbocycles. The third-order valence-corrected chi connectivity index (χ3v) is 2.84. The number of hydrogen-bond acceptors (Lipinski definition) is 4. The first kappa shape index (κ1) is 10.6. The highest BCUT2D eigenvalue weighted by Gasteiger charge is 2.43. The van der Waals surface area contributed by atoms with E-state index in [1.165, 1.54) is 7.11 Å². The molecule has 0 aromatic rings. The molecular weight excluding hydrogens is 313 g/mol. The second-order valence-electron chi connectivity index (χ2n) is 3.10.